The zero-order valence-corrected chi connectivity index (χ0v) is 7.74. The van der Waals surface area contributed by atoms with Crippen LogP contribution in [0.4, 0.5) is 14.5 Å². The summed E-state index contributed by atoms with van der Waals surface area (Å²) in [4.78, 5) is 11.4. The largest absolute Gasteiger partial charge is 0.316 e. The maximum Gasteiger partial charge on any atom is 0.297 e. The van der Waals surface area contributed by atoms with Crippen molar-refractivity contribution in [3.05, 3.63) is 35.7 Å². The second-order valence-electron chi connectivity index (χ2n) is 2.81. The maximum absolute atomic E-state index is 13.1. The van der Waals surface area contributed by atoms with E-state index >= 15 is 0 Å². The summed E-state index contributed by atoms with van der Waals surface area (Å²) in [6, 6.07) is 2.70. The highest BCUT2D eigenvalue weighted by molar-refractivity contribution is 6.01. The van der Waals surface area contributed by atoms with Gasteiger partial charge >= 0.3 is 0 Å². The molecule has 0 atom stereocenters. The number of aromatic nitrogens is 4. The lowest BCUT2D eigenvalue weighted by atomic mass is 10.3. The SMILES string of the molecule is O=C(Nc1cc(F)ccc1F)c1nn[nH]n1. The van der Waals surface area contributed by atoms with Crippen molar-refractivity contribution < 1.29 is 13.6 Å². The Labute approximate surface area is 87.7 Å². The first-order valence-electron chi connectivity index (χ1n) is 4.16. The Hall–Kier alpha value is -2.38. The molecule has 0 spiro atoms. The van der Waals surface area contributed by atoms with Crippen LogP contribution in [-0.4, -0.2) is 26.5 Å². The van der Waals surface area contributed by atoms with Crippen LogP contribution in [0.2, 0.25) is 0 Å². The molecule has 2 rings (SSSR count). The number of hydrogen-bond donors (Lipinski definition) is 2. The molecule has 0 saturated carbocycles. The number of benzene rings is 1. The van der Waals surface area contributed by atoms with Crippen LogP contribution in [0.5, 0.6) is 0 Å². The quantitative estimate of drug-likeness (QED) is 0.789. The van der Waals surface area contributed by atoms with E-state index in [2.05, 4.69) is 25.9 Å². The molecule has 0 aliphatic heterocycles. The summed E-state index contributed by atoms with van der Waals surface area (Å²) in [5.41, 5.74) is -0.283. The lowest BCUT2D eigenvalue weighted by Gasteiger charge is -2.03. The Morgan fingerprint density at radius 2 is 2.19 bits per heavy atom. The van der Waals surface area contributed by atoms with Gasteiger partial charge in [-0.2, -0.15) is 5.21 Å². The lowest BCUT2D eigenvalue weighted by Crippen LogP contribution is -2.15. The standard InChI is InChI=1S/C8H5F2N5O/c9-4-1-2-5(10)6(3-4)11-8(16)7-12-14-15-13-7/h1-3H,(H,11,16)(H,12,13,14,15). The van der Waals surface area contributed by atoms with Crippen LogP contribution in [-0.2, 0) is 0 Å². The molecule has 16 heavy (non-hydrogen) atoms. The molecule has 0 saturated heterocycles. The second-order valence-corrected chi connectivity index (χ2v) is 2.81. The fraction of sp³-hybridized carbons (Fsp3) is 0. The highest BCUT2D eigenvalue weighted by Gasteiger charge is 2.13. The number of nitrogens with zero attached hydrogens (tertiary/aromatic N) is 3. The van der Waals surface area contributed by atoms with Gasteiger partial charge in [0, 0.05) is 6.07 Å². The lowest BCUT2D eigenvalue weighted by molar-refractivity contribution is 0.101. The number of tetrazole rings is 1. The summed E-state index contributed by atoms with van der Waals surface area (Å²) in [6.45, 7) is 0. The van der Waals surface area contributed by atoms with E-state index in [1.165, 1.54) is 0 Å². The number of anilines is 1. The molecule has 1 heterocycles. The number of aromatic amines is 1. The average molecular weight is 225 g/mol. The number of halogens is 2. The molecule has 0 aliphatic rings. The maximum atomic E-state index is 13.1. The van der Waals surface area contributed by atoms with Crippen LogP contribution in [0, 0.1) is 11.6 Å². The molecule has 0 fully saturated rings. The summed E-state index contributed by atoms with van der Waals surface area (Å²) >= 11 is 0. The molecule has 2 N–H and O–H groups in total. The van der Waals surface area contributed by atoms with Gasteiger partial charge in [0.25, 0.3) is 11.7 Å². The van der Waals surface area contributed by atoms with Gasteiger partial charge in [0.15, 0.2) is 0 Å². The van der Waals surface area contributed by atoms with Gasteiger partial charge in [-0.05, 0) is 17.3 Å². The third-order valence-corrected chi connectivity index (χ3v) is 1.73. The highest BCUT2D eigenvalue weighted by atomic mass is 19.1. The van der Waals surface area contributed by atoms with E-state index in [0.29, 0.717) is 0 Å². The van der Waals surface area contributed by atoms with Crippen molar-refractivity contribution in [2.75, 3.05) is 5.32 Å². The minimum absolute atomic E-state index is 0.260. The number of nitrogens with one attached hydrogen (secondary N) is 2. The van der Waals surface area contributed by atoms with Crippen molar-refractivity contribution in [1.29, 1.82) is 0 Å². The van der Waals surface area contributed by atoms with Crippen LogP contribution in [0.1, 0.15) is 10.6 Å². The highest BCUT2D eigenvalue weighted by Crippen LogP contribution is 2.15. The van der Waals surface area contributed by atoms with Gasteiger partial charge in [-0.25, -0.2) is 8.78 Å². The Kier molecular flexibility index (Phi) is 2.54. The molecule has 82 valence electrons. The predicted molar refractivity (Wildman–Crippen MR) is 48.5 cm³/mol. The smallest absolute Gasteiger partial charge is 0.297 e. The number of amides is 1. The summed E-state index contributed by atoms with van der Waals surface area (Å²) in [5.74, 6) is -2.45. The molecular weight excluding hydrogens is 220 g/mol. The molecule has 0 unspecified atom stereocenters. The van der Waals surface area contributed by atoms with Gasteiger partial charge in [0.2, 0.25) is 0 Å². The van der Waals surface area contributed by atoms with Gasteiger partial charge in [-0.15, -0.1) is 10.2 Å². The Morgan fingerprint density at radius 1 is 1.38 bits per heavy atom. The Balaban J connectivity index is 2.21. The van der Waals surface area contributed by atoms with Crippen molar-refractivity contribution in [3.8, 4) is 0 Å². The molecular formula is C8H5F2N5O. The number of carbonyl (C=O) groups excluding carboxylic acids is 1. The van der Waals surface area contributed by atoms with E-state index < -0.39 is 17.5 Å². The first kappa shape index (κ1) is 10.1. The normalized spacial score (nSPS) is 10.1. The van der Waals surface area contributed by atoms with Crippen LogP contribution >= 0.6 is 0 Å². The number of H-pyrrole nitrogens is 1. The van der Waals surface area contributed by atoms with Crippen LogP contribution in [0.25, 0.3) is 0 Å². The minimum Gasteiger partial charge on any atom is -0.316 e. The van der Waals surface area contributed by atoms with E-state index in [9.17, 15) is 13.6 Å². The molecule has 0 aliphatic carbocycles. The fourth-order valence-corrected chi connectivity index (χ4v) is 1.03. The summed E-state index contributed by atoms with van der Waals surface area (Å²) in [7, 11) is 0. The Bertz CT molecular complexity index is 513. The Morgan fingerprint density at radius 3 is 2.88 bits per heavy atom. The molecule has 1 aromatic carbocycles. The van der Waals surface area contributed by atoms with Gasteiger partial charge in [0.1, 0.15) is 11.6 Å². The third kappa shape index (κ3) is 2.00. The van der Waals surface area contributed by atoms with E-state index in [-0.39, 0.29) is 11.5 Å². The predicted octanol–water partition coefficient (Wildman–Crippen LogP) is 0.730. The second kappa shape index (κ2) is 4.01. The van der Waals surface area contributed by atoms with E-state index in [0.717, 1.165) is 18.2 Å². The van der Waals surface area contributed by atoms with E-state index in [4.69, 9.17) is 0 Å². The van der Waals surface area contributed by atoms with Crippen LogP contribution < -0.4 is 5.32 Å². The molecule has 6 nitrogen and oxygen atoms in total. The summed E-state index contributed by atoms with van der Waals surface area (Å²) in [6.07, 6.45) is 0. The number of rotatable bonds is 2. The fourth-order valence-electron chi connectivity index (χ4n) is 1.03. The summed E-state index contributed by atoms with van der Waals surface area (Å²) < 4.78 is 25.9. The molecule has 1 amide bonds. The van der Waals surface area contributed by atoms with Crippen molar-refractivity contribution in [1.82, 2.24) is 20.6 Å². The van der Waals surface area contributed by atoms with Crippen molar-refractivity contribution in [3.63, 3.8) is 0 Å². The molecule has 8 heteroatoms. The van der Waals surface area contributed by atoms with E-state index in [1.807, 2.05) is 0 Å². The van der Waals surface area contributed by atoms with Crippen molar-refractivity contribution in [2.45, 2.75) is 0 Å². The minimum atomic E-state index is -0.779. The van der Waals surface area contributed by atoms with Crippen molar-refractivity contribution in [2.24, 2.45) is 0 Å². The third-order valence-electron chi connectivity index (χ3n) is 1.73. The first-order chi connectivity index (χ1) is 7.66. The number of carbonyl (C=O) groups is 1. The van der Waals surface area contributed by atoms with Crippen molar-refractivity contribution >= 4 is 11.6 Å². The molecule has 0 radical (unpaired) electrons. The van der Waals surface area contributed by atoms with Gasteiger partial charge in [-0.3, -0.25) is 4.79 Å². The topological polar surface area (TPSA) is 83.6 Å². The number of hydrogen-bond acceptors (Lipinski definition) is 4. The average Bonchev–Trinajstić information content (AvgIpc) is 2.76. The van der Waals surface area contributed by atoms with Crippen LogP contribution in [0.3, 0.4) is 0 Å². The van der Waals surface area contributed by atoms with Gasteiger partial charge in [0.05, 0.1) is 5.69 Å². The monoisotopic (exact) mass is 225 g/mol. The first-order valence-corrected chi connectivity index (χ1v) is 4.16. The van der Waals surface area contributed by atoms with Gasteiger partial charge < -0.3 is 5.32 Å². The van der Waals surface area contributed by atoms with Gasteiger partial charge in [-0.1, -0.05) is 0 Å². The zero-order chi connectivity index (χ0) is 11.5. The molecule has 0 bridgehead atoms. The zero-order valence-electron chi connectivity index (χ0n) is 7.74. The molecule has 1 aromatic heterocycles. The molecule has 2 aromatic rings. The summed E-state index contributed by atoms with van der Waals surface area (Å²) in [5, 5.41) is 14.1. The van der Waals surface area contributed by atoms with Crippen LogP contribution in [0.15, 0.2) is 18.2 Å². The van der Waals surface area contributed by atoms with E-state index in [1.54, 1.807) is 0 Å².